The fourth-order valence-electron chi connectivity index (χ4n) is 1.97. The first-order chi connectivity index (χ1) is 7.19. The molecule has 3 N–H and O–H groups in total. The number of nitrogens with two attached hydrogens (primary N) is 1. The third kappa shape index (κ3) is 1.51. The summed E-state index contributed by atoms with van der Waals surface area (Å²) in [5, 5.41) is 3.11. The van der Waals surface area contributed by atoms with Crippen molar-refractivity contribution >= 4 is 11.5 Å². The summed E-state index contributed by atoms with van der Waals surface area (Å²) in [4.78, 5) is 16.2. The zero-order valence-corrected chi connectivity index (χ0v) is 8.79. The van der Waals surface area contributed by atoms with Crippen molar-refractivity contribution in [2.24, 2.45) is 0 Å². The molecule has 0 bridgehead atoms. The number of carbonyl (C=O) groups excluding carboxylic acids is 1. The Kier molecular flexibility index (Phi) is 2.44. The maximum atomic E-state index is 12.2. The monoisotopic (exact) mass is 205 g/mol. The van der Waals surface area contributed by atoms with E-state index in [4.69, 9.17) is 5.73 Å². The van der Waals surface area contributed by atoms with Gasteiger partial charge in [-0.3, -0.25) is 9.78 Å². The molecule has 0 aliphatic heterocycles. The van der Waals surface area contributed by atoms with E-state index >= 15 is 0 Å². The fraction of sp³-hybridized carbons (Fsp3) is 0.455. The van der Waals surface area contributed by atoms with Crippen LogP contribution in [0.3, 0.4) is 0 Å². The van der Waals surface area contributed by atoms with Gasteiger partial charge in [0.1, 0.15) is 0 Å². The maximum Gasteiger partial charge on any atom is 0.186 e. The molecule has 0 atom stereocenters. The van der Waals surface area contributed by atoms with E-state index in [1.54, 1.807) is 18.5 Å². The van der Waals surface area contributed by atoms with E-state index in [9.17, 15) is 4.79 Å². The van der Waals surface area contributed by atoms with E-state index in [0.29, 0.717) is 11.3 Å². The Morgan fingerprint density at radius 2 is 2.33 bits per heavy atom. The third-order valence-corrected chi connectivity index (χ3v) is 3.22. The summed E-state index contributed by atoms with van der Waals surface area (Å²) < 4.78 is 0. The largest absolute Gasteiger partial charge is 0.398 e. The molecule has 0 saturated heterocycles. The molecular formula is C11H15N3O. The van der Waals surface area contributed by atoms with E-state index in [2.05, 4.69) is 10.3 Å². The summed E-state index contributed by atoms with van der Waals surface area (Å²) in [6.45, 7) is 0. The van der Waals surface area contributed by atoms with Gasteiger partial charge in [-0.05, 0) is 32.4 Å². The lowest BCUT2D eigenvalue weighted by Crippen LogP contribution is -2.55. The number of aromatic nitrogens is 1. The molecule has 1 aromatic heterocycles. The van der Waals surface area contributed by atoms with Crippen LogP contribution in [0.2, 0.25) is 0 Å². The van der Waals surface area contributed by atoms with Crippen molar-refractivity contribution in [2.75, 3.05) is 12.8 Å². The average molecular weight is 205 g/mol. The lowest BCUT2D eigenvalue weighted by Gasteiger charge is -2.40. The van der Waals surface area contributed by atoms with E-state index in [-0.39, 0.29) is 5.78 Å². The Bertz CT molecular complexity index is 380. The van der Waals surface area contributed by atoms with Crippen molar-refractivity contribution in [3.63, 3.8) is 0 Å². The number of hydrogen-bond acceptors (Lipinski definition) is 4. The van der Waals surface area contributed by atoms with Gasteiger partial charge < -0.3 is 11.1 Å². The number of anilines is 1. The summed E-state index contributed by atoms with van der Waals surface area (Å²) >= 11 is 0. The number of pyridine rings is 1. The molecule has 1 fully saturated rings. The highest BCUT2D eigenvalue weighted by Crippen LogP contribution is 2.35. The van der Waals surface area contributed by atoms with Gasteiger partial charge in [0.25, 0.3) is 0 Å². The van der Waals surface area contributed by atoms with Crippen LogP contribution >= 0.6 is 0 Å². The molecule has 2 rings (SSSR count). The number of nitrogen functional groups attached to an aromatic ring is 1. The molecular weight excluding hydrogens is 190 g/mol. The molecule has 4 nitrogen and oxygen atoms in total. The molecule has 1 aliphatic rings. The predicted molar refractivity (Wildman–Crippen MR) is 58.6 cm³/mol. The first-order valence-corrected chi connectivity index (χ1v) is 5.13. The van der Waals surface area contributed by atoms with Crippen molar-refractivity contribution in [2.45, 2.75) is 24.8 Å². The Hall–Kier alpha value is -1.42. The minimum Gasteiger partial charge on any atom is -0.398 e. The van der Waals surface area contributed by atoms with Crippen LogP contribution in [0.4, 0.5) is 5.69 Å². The lowest BCUT2D eigenvalue weighted by molar-refractivity contribution is 0.0746. The van der Waals surface area contributed by atoms with Crippen LogP contribution in [0.1, 0.15) is 29.6 Å². The van der Waals surface area contributed by atoms with Crippen LogP contribution in [-0.4, -0.2) is 23.4 Å². The van der Waals surface area contributed by atoms with Crippen molar-refractivity contribution in [3.05, 3.63) is 24.0 Å². The Morgan fingerprint density at radius 3 is 2.80 bits per heavy atom. The fourth-order valence-corrected chi connectivity index (χ4v) is 1.97. The molecule has 0 amide bonds. The minimum atomic E-state index is -0.392. The number of hydrogen-bond donors (Lipinski definition) is 2. The molecule has 80 valence electrons. The van der Waals surface area contributed by atoms with E-state index in [0.717, 1.165) is 19.3 Å². The molecule has 1 aliphatic carbocycles. The second-order valence-electron chi connectivity index (χ2n) is 3.98. The Morgan fingerprint density at radius 1 is 1.60 bits per heavy atom. The van der Waals surface area contributed by atoms with Gasteiger partial charge in [0.2, 0.25) is 0 Å². The number of Topliss-reactive ketones (excluding diaryl/α,β-unsaturated/α-hetero) is 1. The van der Waals surface area contributed by atoms with Gasteiger partial charge in [-0.1, -0.05) is 0 Å². The quantitative estimate of drug-likeness (QED) is 0.722. The summed E-state index contributed by atoms with van der Waals surface area (Å²) in [7, 11) is 1.82. The zero-order valence-electron chi connectivity index (χ0n) is 8.79. The van der Waals surface area contributed by atoms with Crippen molar-refractivity contribution in [1.82, 2.24) is 10.3 Å². The van der Waals surface area contributed by atoms with Crippen LogP contribution in [0.25, 0.3) is 0 Å². The minimum absolute atomic E-state index is 0.0712. The number of likely N-dealkylation sites (N-methyl/N-ethyl adjacent to an activating group) is 1. The van der Waals surface area contributed by atoms with Crippen LogP contribution in [0, 0.1) is 0 Å². The van der Waals surface area contributed by atoms with Crippen LogP contribution in [0.5, 0.6) is 0 Å². The molecule has 0 unspecified atom stereocenters. The van der Waals surface area contributed by atoms with Gasteiger partial charge in [-0.25, -0.2) is 0 Å². The topological polar surface area (TPSA) is 68.0 Å². The summed E-state index contributed by atoms with van der Waals surface area (Å²) in [5.74, 6) is 0.0712. The number of carbonyl (C=O) groups is 1. The highest BCUT2D eigenvalue weighted by Gasteiger charge is 2.43. The van der Waals surface area contributed by atoms with Crippen LogP contribution in [0.15, 0.2) is 18.5 Å². The first-order valence-electron chi connectivity index (χ1n) is 5.13. The second-order valence-corrected chi connectivity index (χ2v) is 3.98. The number of nitrogens with one attached hydrogen (secondary N) is 1. The number of nitrogens with zero attached hydrogens (tertiary/aromatic N) is 1. The highest BCUT2D eigenvalue weighted by molar-refractivity contribution is 6.07. The van der Waals surface area contributed by atoms with Crippen LogP contribution < -0.4 is 11.1 Å². The van der Waals surface area contributed by atoms with Gasteiger partial charge in [0, 0.05) is 18.1 Å². The molecule has 0 spiro atoms. The van der Waals surface area contributed by atoms with Crippen molar-refractivity contribution < 1.29 is 4.79 Å². The maximum absolute atomic E-state index is 12.2. The zero-order chi connectivity index (χ0) is 10.9. The van der Waals surface area contributed by atoms with E-state index in [1.807, 2.05) is 7.05 Å². The second kappa shape index (κ2) is 3.62. The Balaban J connectivity index is 2.32. The average Bonchev–Trinajstić information content (AvgIpc) is 2.17. The van der Waals surface area contributed by atoms with E-state index in [1.165, 1.54) is 0 Å². The van der Waals surface area contributed by atoms with Crippen molar-refractivity contribution in [3.8, 4) is 0 Å². The molecule has 1 aromatic rings. The van der Waals surface area contributed by atoms with Crippen molar-refractivity contribution in [1.29, 1.82) is 0 Å². The van der Waals surface area contributed by atoms with Gasteiger partial charge in [0.15, 0.2) is 5.78 Å². The molecule has 1 saturated carbocycles. The van der Waals surface area contributed by atoms with Gasteiger partial charge in [-0.2, -0.15) is 0 Å². The van der Waals surface area contributed by atoms with Gasteiger partial charge in [0.05, 0.1) is 11.1 Å². The Labute approximate surface area is 88.9 Å². The highest BCUT2D eigenvalue weighted by atomic mass is 16.1. The van der Waals surface area contributed by atoms with Gasteiger partial charge >= 0.3 is 0 Å². The molecule has 1 heterocycles. The summed E-state index contributed by atoms with van der Waals surface area (Å²) in [6, 6.07) is 1.66. The molecule has 15 heavy (non-hydrogen) atoms. The van der Waals surface area contributed by atoms with Crippen LogP contribution in [-0.2, 0) is 0 Å². The third-order valence-electron chi connectivity index (χ3n) is 3.22. The molecule has 0 radical (unpaired) electrons. The standard InChI is InChI=1S/C11H15N3O/c1-13-11(4-2-5-11)10(15)8-7-14-6-3-9(8)12/h3,6-7,13H,2,4-5H2,1H3,(H2,12,14). The summed E-state index contributed by atoms with van der Waals surface area (Å²) in [6.07, 6.45) is 6.01. The normalized spacial score (nSPS) is 18.2. The smallest absolute Gasteiger partial charge is 0.186 e. The molecule has 0 aromatic carbocycles. The van der Waals surface area contributed by atoms with E-state index < -0.39 is 5.54 Å². The predicted octanol–water partition coefficient (Wildman–Crippen LogP) is 0.989. The number of rotatable bonds is 3. The van der Waals surface area contributed by atoms with Gasteiger partial charge in [-0.15, -0.1) is 0 Å². The lowest BCUT2D eigenvalue weighted by atomic mass is 9.72. The molecule has 4 heteroatoms. The number of ketones is 1. The summed E-state index contributed by atoms with van der Waals surface area (Å²) in [5.41, 5.74) is 6.42. The SMILES string of the molecule is CNC1(C(=O)c2cnccc2N)CCC1. The first kappa shape index (κ1) is 10.1.